The second kappa shape index (κ2) is 3.44. The molecule has 1 aromatic rings. The number of non-ortho nitro benzene ring substituents is 1. The lowest BCUT2D eigenvalue weighted by atomic mass is 10.3. The van der Waals surface area contributed by atoms with Gasteiger partial charge in [0, 0.05) is 29.8 Å². The van der Waals surface area contributed by atoms with E-state index in [2.05, 4.69) is 17.9 Å². The quantitative estimate of drug-likeness (QED) is 0.419. The average Bonchev–Trinajstić information content (AvgIpc) is 2.04. The predicted molar refractivity (Wildman–Crippen MR) is 49.9 cm³/mol. The molecule has 12 heavy (non-hydrogen) atoms. The third-order valence-electron chi connectivity index (χ3n) is 1.46. The molecule has 1 aromatic carbocycles. The Morgan fingerprint density at radius 3 is 2.67 bits per heavy atom. The smallest absolute Gasteiger partial charge is 0.270 e. The SMILES string of the molecule is CNc1ccc([N+](=O)[O-])cc1S. The Morgan fingerprint density at radius 1 is 1.58 bits per heavy atom. The van der Waals surface area contributed by atoms with Crippen LogP contribution in [0.1, 0.15) is 0 Å². The first kappa shape index (κ1) is 8.86. The van der Waals surface area contributed by atoms with Crippen LogP contribution in [0.2, 0.25) is 0 Å². The normalized spacial score (nSPS) is 9.50. The zero-order valence-corrected chi connectivity index (χ0v) is 7.34. The maximum atomic E-state index is 10.3. The fourth-order valence-corrected chi connectivity index (χ4v) is 1.16. The summed E-state index contributed by atoms with van der Waals surface area (Å²) < 4.78 is 0. The molecule has 0 aromatic heterocycles. The Morgan fingerprint density at radius 2 is 2.25 bits per heavy atom. The van der Waals surface area contributed by atoms with Crippen LogP contribution in [0.15, 0.2) is 23.1 Å². The zero-order valence-electron chi connectivity index (χ0n) is 6.44. The van der Waals surface area contributed by atoms with Gasteiger partial charge in [0.25, 0.3) is 5.69 Å². The molecule has 0 saturated heterocycles. The number of hydrogen-bond donors (Lipinski definition) is 2. The first-order chi connectivity index (χ1) is 5.65. The van der Waals surface area contributed by atoms with Gasteiger partial charge in [0.15, 0.2) is 0 Å². The maximum absolute atomic E-state index is 10.3. The van der Waals surface area contributed by atoms with Gasteiger partial charge in [-0.1, -0.05) is 0 Å². The first-order valence-electron chi connectivity index (χ1n) is 3.30. The van der Waals surface area contributed by atoms with Crippen LogP contribution in [0.4, 0.5) is 11.4 Å². The van der Waals surface area contributed by atoms with Gasteiger partial charge in [-0.05, 0) is 6.07 Å². The summed E-state index contributed by atoms with van der Waals surface area (Å²) in [7, 11) is 1.74. The van der Waals surface area contributed by atoms with Gasteiger partial charge in [0.2, 0.25) is 0 Å². The lowest BCUT2D eigenvalue weighted by molar-refractivity contribution is -0.385. The molecule has 0 saturated carbocycles. The van der Waals surface area contributed by atoms with Crippen molar-refractivity contribution in [3.05, 3.63) is 28.3 Å². The van der Waals surface area contributed by atoms with Gasteiger partial charge in [-0.15, -0.1) is 12.6 Å². The number of hydrogen-bond acceptors (Lipinski definition) is 4. The second-order valence-electron chi connectivity index (χ2n) is 2.21. The Hall–Kier alpha value is -1.23. The van der Waals surface area contributed by atoms with Gasteiger partial charge < -0.3 is 5.32 Å². The minimum Gasteiger partial charge on any atom is -0.387 e. The van der Waals surface area contributed by atoms with Gasteiger partial charge in [0.1, 0.15) is 0 Å². The third-order valence-corrected chi connectivity index (χ3v) is 1.83. The van der Waals surface area contributed by atoms with Gasteiger partial charge in [0.05, 0.1) is 4.92 Å². The van der Waals surface area contributed by atoms with E-state index in [1.165, 1.54) is 12.1 Å². The van der Waals surface area contributed by atoms with Crippen LogP contribution in [0, 0.1) is 10.1 Å². The van der Waals surface area contributed by atoms with E-state index in [9.17, 15) is 10.1 Å². The van der Waals surface area contributed by atoms with Crippen LogP contribution in [-0.2, 0) is 0 Å². The number of thiol groups is 1. The summed E-state index contributed by atoms with van der Waals surface area (Å²) in [5, 5.41) is 13.2. The number of benzene rings is 1. The maximum Gasteiger partial charge on any atom is 0.270 e. The monoisotopic (exact) mass is 184 g/mol. The number of nitrogens with zero attached hydrogens (tertiary/aromatic N) is 1. The molecule has 0 radical (unpaired) electrons. The molecule has 5 heteroatoms. The van der Waals surface area contributed by atoms with Crippen molar-refractivity contribution in [3.63, 3.8) is 0 Å². The van der Waals surface area contributed by atoms with Gasteiger partial charge >= 0.3 is 0 Å². The lowest BCUT2D eigenvalue weighted by Gasteiger charge is -2.02. The average molecular weight is 184 g/mol. The summed E-state index contributed by atoms with van der Waals surface area (Å²) in [6, 6.07) is 4.47. The zero-order chi connectivity index (χ0) is 9.14. The molecular formula is C7H8N2O2S. The lowest BCUT2D eigenvalue weighted by Crippen LogP contribution is -1.92. The van der Waals surface area contributed by atoms with E-state index in [-0.39, 0.29) is 5.69 Å². The Kier molecular flexibility index (Phi) is 2.54. The Balaban J connectivity index is 3.10. The highest BCUT2D eigenvalue weighted by molar-refractivity contribution is 7.80. The summed E-state index contributed by atoms with van der Waals surface area (Å²) in [4.78, 5) is 10.4. The van der Waals surface area contributed by atoms with E-state index < -0.39 is 4.92 Å². The molecule has 0 atom stereocenters. The predicted octanol–water partition coefficient (Wildman–Crippen LogP) is 1.93. The van der Waals surface area contributed by atoms with Crippen molar-refractivity contribution < 1.29 is 4.92 Å². The summed E-state index contributed by atoms with van der Waals surface area (Å²) in [5.41, 5.74) is 0.836. The highest BCUT2D eigenvalue weighted by atomic mass is 32.1. The highest BCUT2D eigenvalue weighted by Gasteiger charge is 2.06. The molecule has 0 bridgehead atoms. The van der Waals surface area contributed by atoms with E-state index in [1.54, 1.807) is 13.1 Å². The van der Waals surface area contributed by atoms with Crippen LogP contribution in [0.5, 0.6) is 0 Å². The molecule has 0 unspecified atom stereocenters. The van der Waals surface area contributed by atoms with Crippen molar-refractivity contribution in [2.24, 2.45) is 0 Å². The minimum atomic E-state index is -0.445. The van der Waals surface area contributed by atoms with Crippen LogP contribution in [0.25, 0.3) is 0 Å². The van der Waals surface area contributed by atoms with Crippen molar-refractivity contribution >= 4 is 24.0 Å². The molecule has 0 aliphatic carbocycles. The van der Waals surface area contributed by atoms with Crippen molar-refractivity contribution in [3.8, 4) is 0 Å². The first-order valence-corrected chi connectivity index (χ1v) is 3.75. The Labute approximate surface area is 75.2 Å². The third kappa shape index (κ3) is 1.68. The number of anilines is 1. The van der Waals surface area contributed by atoms with E-state index in [4.69, 9.17) is 0 Å². The molecule has 0 aliphatic heterocycles. The molecule has 0 heterocycles. The molecule has 0 amide bonds. The molecule has 64 valence electrons. The number of nitrogens with one attached hydrogen (secondary N) is 1. The van der Waals surface area contributed by atoms with E-state index in [1.807, 2.05) is 0 Å². The number of nitro groups is 1. The van der Waals surface area contributed by atoms with Crippen LogP contribution in [0.3, 0.4) is 0 Å². The minimum absolute atomic E-state index is 0.0546. The molecule has 0 aliphatic rings. The van der Waals surface area contributed by atoms with Gasteiger partial charge in [-0.3, -0.25) is 10.1 Å². The van der Waals surface area contributed by atoms with Crippen LogP contribution >= 0.6 is 12.6 Å². The van der Waals surface area contributed by atoms with Gasteiger partial charge in [-0.2, -0.15) is 0 Å². The molecule has 1 N–H and O–H groups in total. The van der Waals surface area contributed by atoms with Crippen molar-refractivity contribution in [1.82, 2.24) is 0 Å². The highest BCUT2D eigenvalue weighted by Crippen LogP contribution is 2.24. The molecule has 1 rings (SSSR count). The van der Waals surface area contributed by atoms with Gasteiger partial charge in [-0.25, -0.2) is 0 Å². The molecule has 4 nitrogen and oxygen atoms in total. The van der Waals surface area contributed by atoms with Crippen LogP contribution in [-0.4, -0.2) is 12.0 Å². The molecular weight excluding hydrogens is 176 g/mol. The summed E-state index contributed by atoms with van der Waals surface area (Å²) in [5.74, 6) is 0. The topological polar surface area (TPSA) is 55.2 Å². The van der Waals surface area contributed by atoms with Crippen molar-refractivity contribution in [2.45, 2.75) is 4.90 Å². The standard InChI is InChI=1S/C7H8N2O2S/c1-8-6-3-2-5(9(10)11)4-7(6)12/h2-4,8,12H,1H3. The summed E-state index contributed by atoms with van der Waals surface area (Å²) in [6.07, 6.45) is 0. The number of rotatable bonds is 2. The molecule has 0 fully saturated rings. The van der Waals surface area contributed by atoms with E-state index in [0.717, 1.165) is 5.69 Å². The van der Waals surface area contributed by atoms with E-state index in [0.29, 0.717) is 4.90 Å². The number of nitro benzene ring substituents is 1. The van der Waals surface area contributed by atoms with E-state index >= 15 is 0 Å². The van der Waals surface area contributed by atoms with Crippen molar-refractivity contribution in [1.29, 1.82) is 0 Å². The molecule has 0 spiro atoms. The summed E-state index contributed by atoms with van der Waals surface area (Å²) in [6.45, 7) is 0. The van der Waals surface area contributed by atoms with Crippen LogP contribution < -0.4 is 5.32 Å². The fourth-order valence-electron chi connectivity index (χ4n) is 0.845. The summed E-state index contributed by atoms with van der Waals surface area (Å²) >= 11 is 4.08. The Bertz CT molecular complexity index is 314. The second-order valence-corrected chi connectivity index (χ2v) is 2.69. The fraction of sp³-hybridized carbons (Fsp3) is 0.143. The largest absolute Gasteiger partial charge is 0.387 e. The van der Waals surface area contributed by atoms with Crippen molar-refractivity contribution in [2.75, 3.05) is 12.4 Å².